The average Bonchev–Trinajstić information content (AvgIpc) is 2.82. The monoisotopic (exact) mass is 417 g/mol. The van der Waals surface area contributed by atoms with Gasteiger partial charge in [0.15, 0.2) is 11.5 Å². The predicted molar refractivity (Wildman–Crippen MR) is 123 cm³/mol. The highest BCUT2D eigenvalue weighted by molar-refractivity contribution is 6.02. The van der Waals surface area contributed by atoms with Crippen LogP contribution in [-0.4, -0.2) is 52.9 Å². The minimum Gasteiger partial charge on any atom is -0.493 e. The number of piperazine rings is 1. The minimum absolute atomic E-state index is 0.156. The van der Waals surface area contributed by atoms with Crippen molar-refractivity contribution in [3.63, 3.8) is 0 Å². The fourth-order valence-corrected chi connectivity index (χ4v) is 4.20. The van der Waals surface area contributed by atoms with E-state index in [2.05, 4.69) is 50.4 Å². The average molecular weight is 418 g/mol. The van der Waals surface area contributed by atoms with Gasteiger partial charge in [-0.25, -0.2) is 0 Å². The molecule has 1 N–H and O–H groups in total. The molecule has 2 heterocycles. The molecule has 7 nitrogen and oxygen atoms in total. The van der Waals surface area contributed by atoms with E-state index in [4.69, 9.17) is 9.47 Å². The lowest BCUT2D eigenvalue weighted by atomic mass is 10.00. The van der Waals surface area contributed by atoms with E-state index in [0.717, 1.165) is 36.1 Å². The lowest BCUT2D eigenvalue weighted by molar-refractivity contribution is 0.354. The van der Waals surface area contributed by atoms with Crippen molar-refractivity contribution in [2.45, 2.75) is 6.04 Å². The molecule has 160 valence electrons. The maximum Gasteiger partial charge on any atom is 0.184 e. The summed E-state index contributed by atoms with van der Waals surface area (Å²) >= 11 is 0. The Morgan fingerprint density at radius 1 is 1.16 bits per heavy atom. The lowest BCUT2D eigenvalue weighted by Gasteiger charge is -2.37. The zero-order valence-corrected chi connectivity index (χ0v) is 18.3. The number of methoxy groups -OCH3 is 2. The van der Waals surface area contributed by atoms with Gasteiger partial charge in [0.05, 0.1) is 25.5 Å². The summed E-state index contributed by atoms with van der Waals surface area (Å²) in [6.07, 6.45) is 3.37. The van der Waals surface area contributed by atoms with Gasteiger partial charge in [-0.2, -0.15) is 5.26 Å². The van der Waals surface area contributed by atoms with Crippen molar-refractivity contribution in [3.8, 4) is 17.6 Å². The summed E-state index contributed by atoms with van der Waals surface area (Å²) < 4.78 is 11.4. The third kappa shape index (κ3) is 3.82. The first-order chi connectivity index (χ1) is 15.1. The van der Waals surface area contributed by atoms with E-state index < -0.39 is 0 Å². The van der Waals surface area contributed by atoms with Crippen molar-refractivity contribution in [1.82, 2.24) is 10.3 Å². The number of ether oxygens (including phenoxy) is 2. The van der Waals surface area contributed by atoms with Gasteiger partial charge in [0.1, 0.15) is 6.07 Å². The fourth-order valence-electron chi connectivity index (χ4n) is 4.20. The van der Waals surface area contributed by atoms with Gasteiger partial charge in [-0.05, 0) is 23.8 Å². The van der Waals surface area contributed by atoms with Gasteiger partial charge >= 0.3 is 0 Å². The Balaban J connectivity index is 1.79. The number of nitriles is 1. The Labute approximate surface area is 182 Å². The van der Waals surface area contributed by atoms with Crippen LogP contribution < -0.4 is 24.6 Å². The normalized spacial score (nSPS) is 16.1. The molecule has 1 aliphatic heterocycles. The maximum atomic E-state index is 9.75. The molecule has 0 amide bonds. The Morgan fingerprint density at radius 2 is 1.94 bits per heavy atom. The molecule has 0 radical (unpaired) electrons. The fraction of sp³-hybridized carbons (Fsp3) is 0.333. The first-order valence-electron chi connectivity index (χ1n) is 10.3. The van der Waals surface area contributed by atoms with E-state index in [-0.39, 0.29) is 6.04 Å². The van der Waals surface area contributed by atoms with Gasteiger partial charge in [0.2, 0.25) is 0 Å². The standard InChI is InChI=1S/C24H27N5O2/c1-28(2)19-7-5-16(6-8-19)20-15-29(10-9-27-20)23-22-17(13-26-14-18(22)12-25)11-21(30-3)24(23)31-4/h5-8,11,13-14,20,27H,9-10,15H2,1-4H3. The van der Waals surface area contributed by atoms with E-state index in [1.54, 1.807) is 26.6 Å². The van der Waals surface area contributed by atoms with Crippen molar-refractivity contribution in [1.29, 1.82) is 5.26 Å². The molecule has 1 atom stereocenters. The highest BCUT2D eigenvalue weighted by Gasteiger charge is 2.28. The molecule has 1 unspecified atom stereocenters. The van der Waals surface area contributed by atoms with Crippen molar-refractivity contribution < 1.29 is 9.47 Å². The molecular formula is C24H27N5O2. The Morgan fingerprint density at radius 3 is 2.58 bits per heavy atom. The summed E-state index contributed by atoms with van der Waals surface area (Å²) in [5.41, 5.74) is 3.80. The summed E-state index contributed by atoms with van der Waals surface area (Å²) in [6.45, 7) is 2.35. The number of rotatable bonds is 5. The molecule has 2 aromatic carbocycles. The zero-order valence-electron chi connectivity index (χ0n) is 18.3. The van der Waals surface area contributed by atoms with Crippen LogP contribution in [0.4, 0.5) is 11.4 Å². The van der Waals surface area contributed by atoms with Crippen LogP contribution in [0.2, 0.25) is 0 Å². The summed E-state index contributed by atoms with van der Waals surface area (Å²) in [4.78, 5) is 8.61. The summed E-state index contributed by atoms with van der Waals surface area (Å²) in [5, 5.41) is 15.1. The quantitative estimate of drug-likeness (QED) is 0.682. The van der Waals surface area contributed by atoms with Crippen LogP contribution in [0.1, 0.15) is 17.2 Å². The second-order valence-electron chi connectivity index (χ2n) is 7.80. The van der Waals surface area contributed by atoms with Crippen LogP contribution in [0.15, 0.2) is 42.7 Å². The molecule has 31 heavy (non-hydrogen) atoms. The molecule has 4 rings (SSSR count). The summed E-state index contributed by atoms with van der Waals surface area (Å²) in [5.74, 6) is 1.27. The van der Waals surface area contributed by atoms with E-state index >= 15 is 0 Å². The highest BCUT2D eigenvalue weighted by atomic mass is 16.5. The van der Waals surface area contributed by atoms with Gasteiger partial charge in [-0.3, -0.25) is 4.98 Å². The van der Waals surface area contributed by atoms with Gasteiger partial charge in [-0.1, -0.05) is 12.1 Å². The second kappa shape index (κ2) is 8.70. The summed E-state index contributed by atoms with van der Waals surface area (Å²) in [6, 6.07) is 12.9. The summed E-state index contributed by atoms with van der Waals surface area (Å²) in [7, 11) is 7.34. The number of hydrogen-bond donors (Lipinski definition) is 1. The van der Waals surface area contributed by atoms with E-state index in [1.165, 1.54) is 11.3 Å². The third-order valence-corrected chi connectivity index (χ3v) is 5.79. The molecular weight excluding hydrogens is 390 g/mol. The third-order valence-electron chi connectivity index (χ3n) is 5.79. The molecule has 1 fully saturated rings. The van der Waals surface area contributed by atoms with Crippen LogP contribution in [0.25, 0.3) is 10.8 Å². The van der Waals surface area contributed by atoms with Crippen LogP contribution in [0.3, 0.4) is 0 Å². The molecule has 0 bridgehead atoms. The van der Waals surface area contributed by atoms with E-state index in [1.807, 2.05) is 20.2 Å². The van der Waals surface area contributed by atoms with Gasteiger partial charge in [0, 0.05) is 68.6 Å². The molecule has 1 aromatic heterocycles. The van der Waals surface area contributed by atoms with E-state index in [9.17, 15) is 5.26 Å². The van der Waals surface area contributed by atoms with Crippen LogP contribution >= 0.6 is 0 Å². The molecule has 3 aromatic rings. The lowest BCUT2D eigenvalue weighted by Crippen LogP contribution is -2.46. The number of benzene rings is 2. The highest BCUT2D eigenvalue weighted by Crippen LogP contribution is 2.45. The van der Waals surface area contributed by atoms with Crippen molar-refractivity contribution >= 4 is 22.1 Å². The Bertz CT molecular complexity index is 1120. The van der Waals surface area contributed by atoms with Crippen molar-refractivity contribution in [2.24, 2.45) is 0 Å². The first kappa shape index (κ1) is 20.8. The molecule has 0 saturated carbocycles. The number of hydrogen-bond acceptors (Lipinski definition) is 7. The van der Waals surface area contributed by atoms with Crippen LogP contribution in [0, 0.1) is 11.3 Å². The Kier molecular flexibility index (Phi) is 5.83. The maximum absolute atomic E-state index is 9.75. The van der Waals surface area contributed by atoms with Gasteiger partial charge in [0.25, 0.3) is 0 Å². The second-order valence-corrected chi connectivity index (χ2v) is 7.80. The predicted octanol–water partition coefficient (Wildman–Crippen LogP) is 3.34. The first-order valence-corrected chi connectivity index (χ1v) is 10.3. The number of nitrogens with zero attached hydrogens (tertiary/aromatic N) is 4. The van der Waals surface area contributed by atoms with Crippen molar-refractivity contribution in [2.75, 3.05) is 57.7 Å². The van der Waals surface area contributed by atoms with Gasteiger partial charge < -0.3 is 24.6 Å². The minimum atomic E-state index is 0.156. The molecule has 0 spiro atoms. The molecule has 1 aliphatic rings. The zero-order chi connectivity index (χ0) is 22.0. The topological polar surface area (TPSA) is 73.7 Å². The van der Waals surface area contributed by atoms with Crippen molar-refractivity contribution in [3.05, 3.63) is 53.9 Å². The SMILES string of the molecule is COc1cc2cncc(C#N)c2c(N2CCNC(c3ccc(N(C)C)cc3)C2)c1OC. The van der Waals surface area contributed by atoms with Gasteiger partial charge in [-0.15, -0.1) is 0 Å². The smallest absolute Gasteiger partial charge is 0.184 e. The van der Waals surface area contributed by atoms with E-state index in [0.29, 0.717) is 17.1 Å². The number of nitrogens with one attached hydrogen (secondary N) is 1. The number of fused-ring (bicyclic) bond motifs is 1. The molecule has 1 saturated heterocycles. The van der Waals surface area contributed by atoms with Crippen LogP contribution in [-0.2, 0) is 0 Å². The largest absolute Gasteiger partial charge is 0.493 e. The van der Waals surface area contributed by atoms with Crippen LogP contribution in [0.5, 0.6) is 11.5 Å². The number of aromatic nitrogens is 1. The molecule has 7 heteroatoms. The number of pyridine rings is 1. The Hall–Kier alpha value is -3.50. The number of anilines is 2. The molecule has 0 aliphatic carbocycles.